The van der Waals surface area contributed by atoms with E-state index in [1.807, 2.05) is 11.3 Å². The third kappa shape index (κ3) is 4.19. The molecule has 0 aliphatic heterocycles. The summed E-state index contributed by atoms with van der Waals surface area (Å²) in [6.45, 7) is 3.33. The van der Waals surface area contributed by atoms with Crippen LogP contribution >= 0.6 is 11.3 Å². The average molecular weight is 285 g/mol. The SMILES string of the molecule is Cc1cccc(CC(CNC2CC2)Cc2cccs2)c1. The maximum absolute atomic E-state index is 3.71. The number of aryl methyl sites for hydroxylation is 1. The molecule has 2 heteroatoms. The van der Waals surface area contributed by atoms with Gasteiger partial charge in [-0.15, -0.1) is 11.3 Å². The molecule has 1 nitrogen and oxygen atoms in total. The van der Waals surface area contributed by atoms with Gasteiger partial charge in [0.1, 0.15) is 0 Å². The van der Waals surface area contributed by atoms with Crippen LogP contribution in [0.5, 0.6) is 0 Å². The number of hydrogen-bond acceptors (Lipinski definition) is 2. The Balaban J connectivity index is 1.63. The molecular weight excluding hydrogens is 262 g/mol. The van der Waals surface area contributed by atoms with E-state index < -0.39 is 0 Å². The highest BCUT2D eigenvalue weighted by atomic mass is 32.1. The Bertz CT molecular complexity index is 528. The molecule has 0 amide bonds. The second-order valence-electron chi connectivity index (χ2n) is 6.03. The summed E-state index contributed by atoms with van der Waals surface area (Å²) in [4.78, 5) is 1.51. The Hall–Kier alpha value is -1.12. The molecule has 20 heavy (non-hydrogen) atoms. The highest BCUT2D eigenvalue weighted by molar-refractivity contribution is 7.09. The molecule has 1 saturated carbocycles. The molecule has 0 saturated heterocycles. The lowest BCUT2D eigenvalue weighted by Gasteiger charge is -2.17. The highest BCUT2D eigenvalue weighted by Gasteiger charge is 2.22. The number of nitrogens with one attached hydrogen (secondary N) is 1. The van der Waals surface area contributed by atoms with E-state index >= 15 is 0 Å². The van der Waals surface area contributed by atoms with Crippen LogP contribution < -0.4 is 5.32 Å². The third-order valence-corrected chi connectivity index (χ3v) is 4.85. The molecule has 2 aromatic rings. The van der Waals surface area contributed by atoms with Crippen molar-refractivity contribution in [2.45, 2.75) is 38.6 Å². The van der Waals surface area contributed by atoms with Gasteiger partial charge in [-0.2, -0.15) is 0 Å². The molecular formula is C18H23NS. The van der Waals surface area contributed by atoms with Crippen LogP contribution in [0.25, 0.3) is 0 Å². The van der Waals surface area contributed by atoms with E-state index in [0.717, 1.165) is 12.6 Å². The molecule has 0 bridgehead atoms. The zero-order valence-corrected chi connectivity index (χ0v) is 13.0. The maximum Gasteiger partial charge on any atom is 0.00683 e. The summed E-state index contributed by atoms with van der Waals surface area (Å²) < 4.78 is 0. The monoisotopic (exact) mass is 285 g/mol. The van der Waals surface area contributed by atoms with Gasteiger partial charge in [0.15, 0.2) is 0 Å². The number of rotatable bonds is 7. The molecule has 1 aliphatic carbocycles. The van der Waals surface area contributed by atoms with Crippen LogP contribution in [0.3, 0.4) is 0 Å². The fourth-order valence-corrected chi connectivity index (χ4v) is 3.54. The molecule has 1 fully saturated rings. The standard InChI is InChI=1S/C18H23NS/c1-14-4-2-5-15(10-14)11-16(13-19-17-7-8-17)12-18-6-3-9-20-18/h2-6,9-10,16-17,19H,7-8,11-13H2,1H3. The van der Waals surface area contributed by atoms with Gasteiger partial charge in [0.25, 0.3) is 0 Å². The van der Waals surface area contributed by atoms with Crippen molar-refractivity contribution in [3.63, 3.8) is 0 Å². The topological polar surface area (TPSA) is 12.0 Å². The molecule has 1 aliphatic rings. The van der Waals surface area contributed by atoms with E-state index in [2.05, 4.69) is 54.0 Å². The molecule has 0 spiro atoms. The van der Waals surface area contributed by atoms with Gasteiger partial charge in [0, 0.05) is 10.9 Å². The average Bonchev–Trinajstić information content (AvgIpc) is 3.12. The summed E-state index contributed by atoms with van der Waals surface area (Å²) in [7, 11) is 0. The Kier molecular flexibility index (Phi) is 4.54. The van der Waals surface area contributed by atoms with Crippen molar-refractivity contribution >= 4 is 11.3 Å². The van der Waals surface area contributed by atoms with Crippen molar-refractivity contribution in [2.75, 3.05) is 6.54 Å². The highest BCUT2D eigenvalue weighted by Crippen LogP contribution is 2.22. The minimum Gasteiger partial charge on any atom is -0.314 e. The minimum absolute atomic E-state index is 0.705. The zero-order valence-electron chi connectivity index (χ0n) is 12.1. The molecule has 3 rings (SSSR count). The van der Waals surface area contributed by atoms with Crippen LogP contribution in [0, 0.1) is 12.8 Å². The second kappa shape index (κ2) is 6.55. The number of benzene rings is 1. The smallest absolute Gasteiger partial charge is 0.00683 e. The Labute approximate surface area is 126 Å². The molecule has 1 atom stereocenters. The lowest BCUT2D eigenvalue weighted by atomic mass is 9.94. The zero-order chi connectivity index (χ0) is 13.8. The summed E-state index contributed by atoms with van der Waals surface area (Å²) >= 11 is 1.89. The first-order valence-electron chi connectivity index (χ1n) is 7.61. The quantitative estimate of drug-likeness (QED) is 0.803. The van der Waals surface area contributed by atoms with Crippen LogP contribution in [0.15, 0.2) is 41.8 Å². The Morgan fingerprint density at radius 1 is 1.20 bits per heavy atom. The maximum atomic E-state index is 3.71. The van der Waals surface area contributed by atoms with Crippen molar-refractivity contribution in [1.82, 2.24) is 5.32 Å². The number of thiophene rings is 1. The van der Waals surface area contributed by atoms with Crippen molar-refractivity contribution < 1.29 is 0 Å². The van der Waals surface area contributed by atoms with Gasteiger partial charge in [-0.05, 0) is 62.1 Å². The molecule has 1 heterocycles. The minimum atomic E-state index is 0.705. The van der Waals surface area contributed by atoms with Crippen molar-refractivity contribution in [3.05, 3.63) is 57.8 Å². The normalized spacial score (nSPS) is 16.2. The Morgan fingerprint density at radius 2 is 2.10 bits per heavy atom. The first kappa shape index (κ1) is 13.8. The lowest BCUT2D eigenvalue weighted by Crippen LogP contribution is -2.27. The predicted molar refractivity (Wildman–Crippen MR) is 87.4 cm³/mol. The molecule has 0 radical (unpaired) electrons. The fraction of sp³-hybridized carbons (Fsp3) is 0.444. The van der Waals surface area contributed by atoms with Crippen molar-refractivity contribution in [2.24, 2.45) is 5.92 Å². The lowest BCUT2D eigenvalue weighted by molar-refractivity contribution is 0.471. The van der Waals surface area contributed by atoms with E-state index in [-0.39, 0.29) is 0 Å². The van der Waals surface area contributed by atoms with E-state index in [9.17, 15) is 0 Å². The summed E-state index contributed by atoms with van der Waals surface area (Å²) in [5, 5.41) is 5.90. The van der Waals surface area contributed by atoms with Gasteiger partial charge in [0.2, 0.25) is 0 Å². The van der Waals surface area contributed by atoms with Crippen LogP contribution in [0.4, 0.5) is 0 Å². The summed E-state index contributed by atoms with van der Waals surface area (Å²) in [5.74, 6) is 0.705. The van der Waals surface area contributed by atoms with E-state index in [1.54, 1.807) is 0 Å². The number of hydrogen-bond donors (Lipinski definition) is 1. The summed E-state index contributed by atoms with van der Waals surface area (Å²) in [6, 6.07) is 14.2. The van der Waals surface area contributed by atoms with Gasteiger partial charge in [-0.3, -0.25) is 0 Å². The first-order valence-corrected chi connectivity index (χ1v) is 8.49. The van der Waals surface area contributed by atoms with Gasteiger partial charge < -0.3 is 5.32 Å². The molecule has 1 aromatic heterocycles. The third-order valence-electron chi connectivity index (χ3n) is 3.95. The fourth-order valence-electron chi connectivity index (χ4n) is 2.72. The molecule has 1 unspecified atom stereocenters. The molecule has 1 aromatic carbocycles. The molecule has 1 N–H and O–H groups in total. The van der Waals surface area contributed by atoms with E-state index in [0.29, 0.717) is 5.92 Å². The predicted octanol–water partition coefficient (Wildman–Crippen LogP) is 4.21. The van der Waals surface area contributed by atoms with Crippen molar-refractivity contribution in [1.29, 1.82) is 0 Å². The van der Waals surface area contributed by atoms with Gasteiger partial charge in [0.05, 0.1) is 0 Å². The van der Waals surface area contributed by atoms with Gasteiger partial charge in [-0.25, -0.2) is 0 Å². The van der Waals surface area contributed by atoms with Crippen LogP contribution in [0.1, 0.15) is 28.8 Å². The first-order chi connectivity index (χ1) is 9.79. The molecule has 106 valence electrons. The van der Waals surface area contributed by atoms with Gasteiger partial charge in [-0.1, -0.05) is 35.9 Å². The van der Waals surface area contributed by atoms with Crippen LogP contribution in [-0.4, -0.2) is 12.6 Å². The van der Waals surface area contributed by atoms with Crippen LogP contribution in [0.2, 0.25) is 0 Å². The van der Waals surface area contributed by atoms with Crippen molar-refractivity contribution in [3.8, 4) is 0 Å². The second-order valence-corrected chi connectivity index (χ2v) is 7.06. The largest absolute Gasteiger partial charge is 0.314 e. The van der Waals surface area contributed by atoms with Crippen LogP contribution in [-0.2, 0) is 12.8 Å². The summed E-state index contributed by atoms with van der Waals surface area (Å²) in [5.41, 5.74) is 2.84. The van der Waals surface area contributed by atoms with E-state index in [1.165, 1.54) is 41.7 Å². The summed E-state index contributed by atoms with van der Waals surface area (Å²) in [6.07, 6.45) is 5.12. The van der Waals surface area contributed by atoms with Gasteiger partial charge >= 0.3 is 0 Å². The van der Waals surface area contributed by atoms with E-state index in [4.69, 9.17) is 0 Å². The Morgan fingerprint density at radius 3 is 2.80 bits per heavy atom.